The zero-order valence-corrected chi connectivity index (χ0v) is 13.6. The van der Waals surface area contributed by atoms with Gasteiger partial charge < -0.3 is 15.2 Å². The Bertz CT molecular complexity index is 592. The van der Waals surface area contributed by atoms with Crippen LogP contribution in [0.15, 0.2) is 18.2 Å². The normalized spacial score (nSPS) is 20.0. The Morgan fingerprint density at radius 3 is 2.83 bits per heavy atom. The lowest BCUT2D eigenvalue weighted by molar-refractivity contribution is -0.208. The van der Waals surface area contributed by atoms with Crippen LogP contribution in [0.4, 0.5) is 18.9 Å². The van der Waals surface area contributed by atoms with Crippen LogP contribution in [0.3, 0.4) is 0 Å². The molecule has 1 aromatic rings. The summed E-state index contributed by atoms with van der Waals surface area (Å²) >= 11 is 0. The number of carbonyl (C=O) groups excluding carboxylic acids is 1. The van der Waals surface area contributed by atoms with Crippen LogP contribution in [-0.2, 0) is 4.79 Å². The average Bonchev–Trinajstić information content (AvgIpc) is 2.94. The molecule has 5 nitrogen and oxygen atoms in total. The third kappa shape index (κ3) is 4.39. The van der Waals surface area contributed by atoms with Gasteiger partial charge in [-0.25, -0.2) is 0 Å². The van der Waals surface area contributed by atoms with Crippen LogP contribution in [0.2, 0.25) is 0 Å². The summed E-state index contributed by atoms with van der Waals surface area (Å²) in [6, 6.07) is 4.58. The van der Waals surface area contributed by atoms with Crippen molar-refractivity contribution < 1.29 is 27.8 Å². The summed E-state index contributed by atoms with van der Waals surface area (Å²) in [4.78, 5) is 13.8. The molecule has 2 atom stereocenters. The molecule has 0 spiro atoms. The van der Waals surface area contributed by atoms with E-state index in [0.717, 1.165) is 5.56 Å². The highest BCUT2D eigenvalue weighted by molar-refractivity contribution is 5.96. The molecular formula is C16H21F3N2O3. The maximum absolute atomic E-state index is 12.5. The fraction of sp³-hybridized carbons (Fsp3) is 0.562. The summed E-state index contributed by atoms with van der Waals surface area (Å²) in [5.41, 5.74) is 1.40. The molecule has 1 amide bonds. The summed E-state index contributed by atoms with van der Waals surface area (Å²) in [6.07, 6.45) is -6.10. The molecule has 0 unspecified atom stereocenters. The number of aliphatic hydroxyl groups excluding tert-OH is 1. The minimum Gasteiger partial charge on any atom is -0.495 e. The number of nitrogens with zero attached hydrogens (tertiary/aromatic N) is 1. The van der Waals surface area contributed by atoms with Gasteiger partial charge in [0.25, 0.3) is 0 Å². The highest BCUT2D eigenvalue weighted by atomic mass is 19.4. The average molecular weight is 346 g/mol. The molecule has 0 radical (unpaired) electrons. The highest BCUT2D eigenvalue weighted by Crippen LogP contribution is 2.28. The van der Waals surface area contributed by atoms with E-state index in [-0.39, 0.29) is 0 Å². The summed E-state index contributed by atoms with van der Waals surface area (Å²) in [5, 5.41) is 12.0. The van der Waals surface area contributed by atoms with Crippen LogP contribution in [0.25, 0.3) is 0 Å². The lowest BCUT2D eigenvalue weighted by Crippen LogP contribution is -2.46. The summed E-state index contributed by atoms with van der Waals surface area (Å²) in [5.74, 6) is 0.0830. The van der Waals surface area contributed by atoms with Gasteiger partial charge in [-0.1, -0.05) is 6.07 Å². The first-order valence-electron chi connectivity index (χ1n) is 7.66. The molecule has 1 fully saturated rings. The maximum Gasteiger partial charge on any atom is 0.415 e. The molecule has 1 aliphatic heterocycles. The van der Waals surface area contributed by atoms with Gasteiger partial charge in [0.15, 0.2) is 6.10 Å². The zero-order valence-electron chi connectivity index (χ0n) is 13.6. The lowest BCUT2D eigenvalue weighted by Gasteiger charge is -2.27. The number of methoxy groups -OCH3 is 1. The predicted molar refractivity (Wildman–Crippen MR) is 83.0 cm³/mol. The first-order chi connectivity index (χ1) is 11.2. The molecule has 134 valence electrons. The number of hydrogen-bond acceptors (Lipinski definition) is 4. The van der Waals surface area contributed by atoms with Gasteiger partial charge in [0.1, 0.15) is 5.75 Å². The van der Waals surface area contributed by atoms with Crippen LogP contribution < -0.4 is 10.1 Å². The van der Waals surface area contributed by atoms with Crippen molar-refractivity contribution in [2.45, 2.75) is 38.1 Å². The Morgan fingerprint density at radius 2 is 2.21 bits per heavy atom. The minimum atomic E-state index is -4.69. The Labute approximate surface area is 138 Å². The number of aryl methyl sites for hydroxylation is 1. The fourth-order valence-electron chi connectivity index (χ4n) is 2.80. The number of amides is 1. The van der Waals surface area contributed by atoms with Crippen molar-refractivity contribution in [2.24, 2.45) is 0 Å². The Balaban J connectivity index is 2.07. The predicted octanol–water partition coefficient (Wildman–Crippen LogP) is 2.33. The van der Waals surface area contributed by atoms with Crippen molar-refractivity contribution in [2.75, 3.05) is 25.5 Å². The molecule has 24 heavy (non-hydrogen) atoms. The lowest BCUT2D eigenvalue weighted by atomic mass is 10.1. The molecule has 0 aliphatic carbocycles. The van der Waals surface area contributed by atoms with Crippen molar-refractivity contribution in [3.63, 3.8) is 0 Å². The number of alkyl halides is 3. The van der Waals surface area contributed by atoms with Gasteiger partial charge >= 0.3 is 6.18 Å². The summed E-state index contributed by atoms with van der Waals surface area (Å²) < 4.78 is 42.8. The molecule has 0 saturated carbocycles. The number of ether oxygens (including phenoxy) is 1. The van der Waals surface area contributed by atoms with E-state index in [2.05, 4.69) is 5.32 Å². The third-order valence-electron chi connectivity index (χ3n) is 4.06. The first kappa shape index (κ1) is 18.5. The van der Waals surface area contributed by atoms with E-state index >= 15 is 0 Å². The van der Waals surface area contributed by atoms with Gasteiger partial charge in [-0.2, -0.15) is 13.2 Å². The van der Waals surface area contributed by atoms with E-state index in [9.17, 15) is 23.1 Å². The number of aliphatic hydroxyl groups is 1. The third-order valence-corrected chi connectivity index (χ3v) is 4.06. The van der Waals surface area contributed by atoms with E-state index in [1.807, 2.05) is 13.0 Å². The molecule has 2 N–H and O–H groups in total. The van der Waals surface area contributed by atoms with Crippen LogP contribution in [0.5, 0.6) is 5.75 Å². The standard InChI is InChI=1S/C16H21F3N2O3/c1-10-5-6-13(24-2)11(8-10)20-15(23)12-4-3-7-21(12)9-14(22)16(17,18)19/h5-6,8,12,14,22H,3-4,7,9H2,1-2H3,(H,20,23)/t12-,14-/m0/s1. The maximum atomic E-state index is 12.5. The van der Waals surface area contributed by atoms with Crippen LogP contribution >= 0.6 is 0 Å². The highest BCUT2D eigenvalue weighted by Gasteiger charge is 2.42. The number of hydrogen-bond donors (Lipinski definition) is 2. The van der Waals surface area contributed by atoms with Gasteiger partial charge in [0.05, 0.1) is 18.8 Å². The Morgan fingerprint density at radius 1 is 1.50 bits per heavy atom. The molecular weight excluding hydrogens is 325 g/mol. The van der Waals surface area contributed by atoms with E-state index in [1.54, 1.807) is 12.1 Å². The topological polar surface area (TPSA) is 61.8 Å². The second-order valence-corrected chi connectivity index (χ2v) is 5.90. The smallest absolute Gasteiger partial charge is 0.415 e. The van der Waals surface area contributed by atoms with Gasteiger partial charge in [0, 0.05) is 6.54 Å². The largest absolute Gasteiger partial charge is 0.495 e. The van der Waals surface area contributed by atoms with E-state index in [1.165, 1.54) is 12.0 Å². The van der Waals surface area contributed by atoms with Crippen molar-refractivity contribution >= 4 is 11.6 Å². The van der Waals surface area contributed by atoms with Gasteiger partial charge in [-0.3, -0.25) is 9.69 Å². The van der Waals surface area contributed by atoms with Crippen LogP contribution in [0.1, 0.15) is 18.4 Å². The quantitative estimate of drug-likeness (QED) is 0.859. The fourth-order valence-corrected chi connectivity index (χ4v) is 2.80. The number of anilines is 1. The zero-order chi connectivity index (χ0) is 17.9. The molecule has 1 heterocycles. The molecule has 1 aliphatic rings. The second kappa shape index (κ2) is 7.40. The van der Waals surface area contributed by atoms with Crippen LogP contribution in [0, 0.1) is 6.92 Å². The van der Waals surface area contributed by atoms with Crippen molar-refractivity contribution in [3.8, 4) is 5.75 Å². The number of carbonyl (C=O) groups is 1. The van der Waals surface area contributed by atoms with Gasteiger partial charge in [-0.15, -0.1) is 0 Å². The Kier molecular flexibility index (Phi) is 5.71. The summed E-state index contributed by atoms with van der Waals surface area (Å²) in [6.45, 7) is 1.60. The monoisotopic (exact) mass is 346 g/mol. The number of likely N-dealkylation sites (tertiary alicyclic amines) is 1. The van der Waals surface area contributed by atoms with Crippen LogP contribution in [-0.4, -0.2) is 54.4 Å². The van der Waals surface area contributed by atoms with Crippen molar-refractivity contribution in [3.05, 3.63) is 23.8 Å². The summed E-state index contributed by atoms with van der Waals surface area (Å²) in [7, 11) is 1.47. The second-order valence-electron chi connectivity index (χ2n) is 5.90. The van der Waals surface area contributed by atoms with E-state index < -0.39 is 30.8 Å². The SMILES string of the molecule is COc1ccc(C)cc1NC(=O)[C@@H]1CCCN1C[C@H](O)C(F)(F)F. The molecule has 0 aromatic heterocycles. The molecule has 1 saturated heterocycles. The number of nitrogens with one attached hydrogen (secondary N) is 1. The van der Waals surface area contributed by atoms with E-state index in [0.29, 0.717) is 30.8 Å². The van der Waals surface area contributed by atoms with Gasteiger partial charge in [0.2, 0.25) is 5.91 Å². The van der Waals surface area contributed by atoms with Crippen molar-refractivity contribution in [1.29, 1.82) is 0 Å². The molecule has 1 aromatic carbocycles. The number of halogens is 3. The van der Waals surface area contributed by atoms with Crippen molar-refractivity contribution in [1.82, 2.24) is 4.90 Å². The Hall–Kier alpha value is -1.80. The molecule has 8 heteroatoms. The number of β-amino-alcohol motifs (C(OH)–C–C–N with tert-alkyl or cyclic N) is 1. The van der Waals surface area contributed by atoms with Gasteiger partial charge in [-0.05, 0) is 44.0 Å². The van der Waals surface area contributed by atoms with E-state index in [4.69, 9.17) is 4.74 Å². The first-order valence-corrected chi connectivity index (χ1v) is 7.66. The number of rotatable bonds is 5. The molecule has 2 rings (SSSR count). The number of benzene rings is 1. The molecule has 0 bridgehead atoms. The minimum absolute atomic E-state index is 0.343.